The van der Waals surface area contributed by atoms with Crippen molar-refractivity contribution in [1.82, 2.24) is 14.5 Å². The highest BCUT2D eigenvalue weighted by Crippen LogP contribution is 2.24. The van der Waals surface area contributed by atoms with Crippen LogP contribution in [-0.4, -0.2) is 42.0 Å². The molecule has 3 aromatic rings. The molecular formula is C19H19N3O5S2. The molecule has 1 saturated heterocycles. The zero-order valence-electron chi connectivity index (χ0n) is 15.5. The van der Waals surface area contributed by atoms with E-state index in [2.05, 4.69) is 10.2 Å². The van der Waals surface area contributed by atoms with Crippen molar-refractivity contribution in [3.05, 3.63) is 53.2 Å². The number of piperidine rings is 1. The van der Waals surface area contributed by atoms with Crippen molar-refractivity contribution in [2.45, 2.75) is 30.8 Å². The standard InChI is InChI=1S/C19H19N3O5S2/c23-19(26-13-17-20-21-18(27-17)16-8-5-11-28-16)14-6-4-7-15(12-14)29(24,25)22-9-2-1-3-10-22/h4-8,11-12H,1-3,9-10,13H2. The highest BCUT2D eigenvalue weighted by molar-refractivity contribution is 7.89. The fourth-order valence-electron chi connectivity index (χ4n) is 3.06. The average molecular weight is 434 g/mol. The summed E-state index contributed by atoms with van der Waals surface area (Å²) in [7, 11) is -3.62. The predicted octanol–water partition coefficient (Wildman–Crippen LogP) is 3.33. The molecule has 1 aliphatic rings. The molecule has 29 heavy (non-hydrogen) atoms. The number of thiophene rings is 1. The van der Waals surface area contributed by atoms with Gasteiger partial charge in [-0.3, -0.25) is 0 Å². The second-order valence-corrected chi connectivity index (χ2v) is 9.43. The lowest BCUT2D eigenvalue weighted by Crippen LogP contribution is -2.35. The van der Waals surface area contributed by atoms with Crippen LogP contribution in [0.3, 0.4) is 0 Å². The van der Waals surface area contributed by atoms with Crippen LogP contribution >= 0.6 is 11.3 Å². The summed E-state index contributed by atoms with van der Waals surface area (Å²) in [5.41, 5.74) is 0.154. The maximum absolute atomic E-state index is 12.8. The van der Waals surface area contributed by atoms with E-state index < -0.39 is 16.0 Å². The van der Waals surface area contributed by atoms with Crippen LogP contribution in [0.2, 0.25) is 0 Å². The van der Waals surface area contributed by atoms with E-state index in [1.807, 2.05) is 17.5 Å². The third kappa shape index (κ3) is 4.39. The number of sulfonamides is 1. The van der Waals surface area contributed by atoms with Crippen LogP contribution in [0.25, 0.3) is 10.8 Å². The zero-order valence-corrected chi connectivity index (χ0v) is 17.1. The van der Waals surface area contributed by atoms with Crippen LogP contribution in [0.15, 0.2) is 51.1 Å². The van der Waals surface area contributed by atoms with Gasteiger partial charge in [0.2, 0.25) is 10.0 Å². The maximum atomic E-state index is 12.8. The van der Waals surface area contributed by atoms with Crippen molar-refractivity contribution in [3.8, 4) is 10.8 Å². The lowest BCUT2D eigenvalue weighted by molar-refractivity contribution is 0.0438. The first-order chi connectivity index (χ1) is 14.0. The van der Waals surface area contributed by atoms with E-state index >= 15 is 0 Å². The van der Waals surface area contributed by atoms with Crippen molar-refractivity contribution < 1.29 is 22.4 Å². The average Bonchev–Trinajstić information content (AvgIpc) is 3.44. The number of rotatable bonds is 6. The summed E-state index contributed by atoms with van der Waals surface area (Å²) >= 11 is 1.46. The van der Waals surface area contributed by atoms with E-state index in [9.17, 15) is 13.2 Å². The van der Waals surface area contributed by atoms with Gasteiger partial charge in [-0.15, -0.1) is 21.5 Å². The Morgan fingerprint density at radius 3 is 2.72 bits per heavy atom. The molecule has 2 aromatic heterocycles. The number of aromatic nitrogens is 2. The number of hydrogen-bond acceptors (Lipinski definition) is 8. The minimum absolute atomic E-state index is 0.0895. The maximum Gasteiger partial charge on any atom is 0.338 e. The molecule has 0 amide bonds. The zero-order chi connectivity index (χ0) is 20.3. The summed E-state index contributed by atoms with van der Waals surface area (Å²) in [5, 5.41) is 9.68. The molecule has 4 rings (SSSR count). The topological polar surface area (TPSA) is 103 Å². The summed E-state index contributed by atoms with van der Waals surface area (Å²) < 4.78 is 37.8. The molecule has 0 radical (unpaired) electrons. The van der Waals surface area contributed by atoms with Crippen molar-refractivity contribution >= 4 is 27.3 Å². The largest absolute Gasteiger partial charge is 0.452 e. The molecule has 0 spiro atoms. The van der Waals surface area contributed by atoms with Crippen LogP contribution < -0.4 is 0 Å². The van der Waals surface area contributed by atoms with Gasteiger partial charge in [0.15, 0.2) is 6.61 Å². The summed E-state index contributed by atoms with van der Waals surface area (Å²) in [6, 6.07) is 9.61. The first-order valence-electron chi connectivity index (χ1n) is 9.17. The van der Waals surface area contributed by atoms with Gasteiger partial charge in [0.05, 0.1) is 15.3 Å². The van der Waals surface area contributed by atoms with Gasteiger partial charge in [-0.1, -0.05) is 18.6 Å². The molecular weight excluding hydrogens is 414 g/mol. The minimum atomic E-state index is -3.62. The Morgan fingerprint density at radius 1 is 1.14 bits per heavy atom. The number of nitrogens with zero attached hydrogens (tertiary/aromatic N) is 3. The van der Waals surface area contributed by atoms with Crippen molar-refractivity contribution in [1.29, 1.82) is 0 Å². The number of carbonyl (C=O) groups is 1. The number of carbonyl (C=O) groups excluding carboxylic acids is 1. The van der Waals surface area contributed by atoms with Crippen LogP contribution in [0, 0.1) is 0 Å². The van der Waals surface area contributed by atoms with Gasteiger partial charge in [-0.05, 0) is 42.5 Å². The fraction of sp³-hybridized carbons (Fsp3) is 0.316. The Morgan fingerprint density at radius 2 is 1.97 bits per heavy atom. The summed E-state index contributed by atoms with van der Waals surface area (Å²) in [6.45, 7) is 0.807. The van der Waals surface area contributed by atoms with Crippen LogP contribution in [0.5, 0.6) is 0 Å². The summed E-state index contributed by atoms with van der Waals surface area (Å²) in [6.07, 6.45) is 2.72. The van der Waals surface area contributed by atoms with Gasteiger partial charge in [0, 0.05) is 13.1 Å². The van der Waals surface area contributed by atoms with E-state index in [4.69, 9.17) is 9.15 Å². The van der Waals surface area contributed by atoms with E-state index in [0.29, 0.717) is 19.0 Å². The molecule has 1 aromatic carbocycles. The van der Waals surface area contributed by atoms with Crippen LogP contribution in [0.4, 0.5) is 0 Å². The molecule has 0 N–H and O–H groups in total. The normalized spacial score (nSPS) is 15.3. The third-order valence-electron chi connectivity index (χ3n) is 4.55. The van der Waals surface area contributed by atoms with Crippen molar-refractivity contribution in [2.24, 2.45) is 0 Å². The molecule has 0 atom stereocenters. The number of ether oxygens (including phenoxy) is 1. The number of benzene rings is 1. The Hall–Kier alpha value is -2.56. The Labute approximate surface area is 172 Å². The van der Waals surface area contributed by atoms with Crippen molar-refractivity contribution in [2.75, 3.05) is 13.1 Å². The Balaban J connectivity index is 1.43. The molecule has 3 heterocycles. The summed E-state index contributed by atoms with van der Waals surface area (Å²) in [4.78, 5) is 13.3. The highest BCUT2D eigenvalue weighted by atomic mass is 32.2. The quantitative estimate of drug-likeness (QED) is 0.549. The molecule has 1 fully saturated rings. The first-order valence-corrected chi connectivity index (χ1v) is 11.5. The molecule has 0 saturated carbocycles. The van der Waals surface area contributed by atoms with E-state index in [0.717, 1.165) is 24.1 Å². The van der Waals surface area contributed by atoms with Gasteiger partial charge >= 0.3 is 5.97 Å². The van der Waals surface area contributed by atoms with E-state index in [1.165, 1.54) is 39.9 Å². The lowest BCUT2D eigenvalue weighted by Gasteiger charge is -2.25. The number of hydrogen-bond donors (Lipinski definition) is 0. The fourth-order valence-corrected chi connectivity index (χ4v) is 5.27. The molecule has 1 aliphatic heterocycles. The number of esters is 1. The van der Waals surface area contributed by atoms with Gasteiger partial charge in [0.25, 0.3) is 11.8 Å². The van der Waals surface area contributed by atoms with Crippen LogP contribution in [0.1, 0.15) is 35.5 Å². The SMILES string of the molecule is O=C(OCc1nnc(-c2cccs2)o1)c1cccc(S(=O)(=O)N2CCCCC2)c1. The summed E-state index contributed by atoms with van der Waals surface area (Å²) in [5.74, 6) is -0.129. The second-order valence-electron chi connectivity index (χ2n) is 6.55. The molecule has 0 aliphatic carbocycles. The van der Waals surface area contributed by atoms with E-state index in [1.54, 1.807) is 0 Å². The Kier molecular flexibility index (Phi) is 5.74. The van der Waals surface area contributed by atoms with Crippen molar-refractivity contribution in [3.63, 3.8) is 0 Å². The van der Waals surface area contributed by atoms with E-state index in [-0.39, 0.29) is 23.0 Å². The molecule has 0 bridgehead atoms. The molecule has 10 heteroatoms. The molecule has 0 unspecified atom stereocenters. The minimum Gasteiger partial charge on any atom is -0.452 e. The van der Waals surface area contributed by atoms with Gasteiger partial charge in [-0.2, -0.15) is 4.31 Å². The Bertz CT molecular complexity index is 1090. The van der Waals surface area contributed by atoms with Crippen LogP contribution in [-0.2, 0) is 21.4 Å². The monoisotopic (exact) mass is 433 g/mol. The second kappa shape index (κ2) is 8.44. The van der Waals surface area contributed by atoms with Gasteiger partial charge < -0.3 is 9.15 Å². The smallest absolute Gasteiger partial charge is 0.338 e. The third-order valence-corrected chi connectivity index (χ3v) is 7.30. The molecule has 152 valence electrons. The van der Waals surface area contributed by atoms with Gasteiger partial charge in [0.1, 0.15) is 0 Å². The highest BCUT2D eigenvalue weighted by Gasteiger charge is 2.26. The van der Waals surface area contributed by atoms with Gasteiger partial charge in [-0.25, -0.2) is 13.2 Å². The first kappa shape index (κ1) is 19.7. The molecule has 8 nitrogen and oxygen atoms in total. The lowest BCUT2D eigenvalue weighted by atomic mass is 10.2. The predicted molar refractivity (Wildman–Crippen MR) is 106 cm³/mol.